The largest absolute Gasteiger partial charge is 0.392 e. The molecule has 1 aromatic rings. The van der Waals surface area contributed by atoms with Gasteiger partial charge in [-0.1, -0.05) is 6.92 Å². The van der Waals surface area contributed by atoms with Crippen molar-refractivity contribution in [3.63, 3.8) is 0 Å². The zero-order valence-electron chi connectivity index (χ0n) is 11.0. The third-order valence-electron chi connectivity index (χ3n) is 2.40. The van der Waals surface area contributed by atoms with Crippen molar-refractivity contribution in [3.05, 3.63) is 24.0 Å². The van der Waals surface area contributed by atoms with Gasteiger partial charge in [-0.25, -0.2) is 0 Å². The van der Waals surface area contributed by atoms with E-state index in [0.717, 1.165) is 30.9 Å². The van der Waals surface area contributed by atoms with Crippen LogP contribution >= 0.6 is 0 Å². The molecule has 2 N–H and O–H groups in total. The number of anilines is 1. The fraction of sp³-hybridized carbons (Fsp3) is 0.615. The number of likely N-dealkylation sites (N-methyl/N-ethyl adjacent to an activating group) is 1. The van der Waals surface area contributed by atoms with Gasteiger partial charge >= 0.3 is 0 Å². The lowest BCUT2D eigenvalue weighted by Crippen LogP contribution is -2.27. The van der Waals surface area contributed by atoms with E-state index >= 15 is 0 Å². The average molecular weight is 237 g/mol. The van der Waals surface area contributed by atoms with E-state index in [1.54, 1.807) is 6.92 Å². The molecular weight excluding hydrogens is 214 g/mol. The Hall–Kier alpha value is -1.13. The normalized spacial score (nSPS) is 12.8. The lowest BCUT2D eigenvalue weighted by molar-refractivity contribution is 0.138. The van der Waals surface area contributed by atoms with Crippen LogP contribution in [0.25, 0.3) is 0 Å². The topological polar surface area (TPSA) is 48.4 Å². The highest BCUT2D eigenvalue weighted by Gasteiger charge is 2.05. The fourth-order valence-corrected chi connectivity index (χ4v) is 1.74. The Labute approximate surface area is 104 Å². The summed E-state index contributed by atoms with van der Waals surface area (Å²) in [5, 5.41) is 12.6. The quantitative estimate of drug-likeness (QED) is 0.758. The van der Waals surface area contributed by atoms with Crippen LogP contribution in [0.1, 0.15) is 26.0 Å². The number of hydrogen-bond donors (Lipinski definition) is 2. The first-order valence-corrected chi connectivity index (χ1v) is 6.17. The Balaban J connectivity index is 2.52. The highest BCUT2D eigenvalue weighted by molar-refractivity contribution is 5.43. The molecule has 0 saturated carbocycles. The summed E-state index contributed by atoms with van der Waals surface area (Å²) in [4.78, 5) is 6.40. The molecule has 0 aliphatic rings. The average Bonchev–Trinajstić information content (AvgIpc) is 2.25. The van der Waals surface area contributed by atoms with Gasteiger partial charge in [-0.2, -0.15) is 0 Å². The number of aliphatic hydroxyl groups excluding tert-OH is 1. The minimum absolute atomic E-state index is 0.304. The van der Waals surface area contributed by atoms with Crippen molar-refractivity contribution in [2.75, 3.05) is 25.5 Å². The van der Waals surface area contributed by atoms with E-state index in [4.69, 9.17) is 0 Å². The van der Waals surface area contributed by atoms with Crippen LogP contribution in [0.2, 0.25) is 0 Å². The van der Waals surface area contributed by atoms with Gasteiger partial charge in [-0.15, -0.1) is 0 Å². The molecule has 1 heterocycles. The summed E-state index contributed by atoms with van der Waals surface area (Å²) in [7, 11) is 1.99. The Morgan fingerprint density at radius 2 is 2.29 bits per heavy atom. The maximum atomic E-state index is 9.30. The van der Waals surface area contributed by atoms with Crippen molar-refractivity contribution in [1.82, 2.24) is 9.88 Å². The van der Waals surface area contributed by atoms with Crippen molar-refractivity contribution < 1.29 is 5.11 Å². The molecule has 96 valence electrons. The maximum Gasteiger partial charge on any atom is 0.0639 e. The van der Waals surface area contributed by atoms with Crippen molar-refractivity contribution in [2.24, 2.45) is 0 Å². The number of aromatic nitrogens is 1. The SMILES string of the molecule is CCCNc1ccnc(CN(C)CC(C)O)c1. The first-order chi connectivity index (χ1) is 8.11. The third-order valence-corrected chi connectivity index (χ3v) is 2.40. The standard InChI is InChI=1S/C13H23N3O/c1-4-6-14-12-5-7-15-13(8-12)10-16(3)9-11(2)17/h5,7-8,11,17H,4,6,9-10H2,1-3H3,(H,14,15). The Kier molecular flexibility index (Phi) is 5.94. The molecule has 0 fully saturated rings. The highest BCUT2D eigenvalue weighted by atomic mass is 16.3. The molecule has 0 radical (unpaired) electrons. The van der Waals surface area contributed by atoms with Gasteiger partial charge in [0.25, 0.3) is 0 Å². The van der Waals surface area contributed by atoms with Gasteiger partial charge in [0.1, 0.15) is 0 Å². The molecule has 1 aromatic heterocycles. The lowest BCUT2D eigenvalue weighted by Gasteiger charge is -2.18. The molecule has 0 aromatic carbocycles. The molecule has 0 saturated heterocycles. The van der Waals surface area contributed by atoms with Crippen molar-refractivity contribution >= 4 is 5.69 Å². The molecule has 0 bridgehead atoms. The summed E-state index contributed by atoms with van der Waals surface area (Å²) in [5.74, 6) is 0. The van der Waals surface area contributed by atoms with Crippen LogP contribution in [0, 0.1) is 0 Å². The van der Waals surface area contributed by atoms with Crippen molar-refractivity contribution in [3.8, 4) is 0 Å². The maximum absolute atomic E-state index is 9.30. The lowest BCUT2D eigenvalue weighted by atomic mass is 10.3. The van der Waals surface area contributed by atoms with E-state index in [9.17, 15) is 5.11 Å². The van der Waals surface area contributed by atoms with Gasteiger partial charge < -0.3 is 10.4 Å². The summed E-state index contributed by atoms with van der Waals surface area (Å²) < 4.78 is 0. The van der Waals surface area contributed by atoms with E-state index < -0.39 is 0 Å². The Bertz CT molecular complexity index is 328. The second kappa shape index (κ2) is 7.25. The van der Waals surface area contributed by atoms with E-state index in [1.165, 1.54) is 0 Å². The van der Waals surface area contributed by atoms with E-state index in [-0.39, 0.29) is 6.10 Å². The van der Waals surface area contributed by atoms with E-state index in [2.05, 4.69) is 28.2 Å². The van der Waals surface area contributed by atoms with Crippen molar-refractivity contribution in [2.45, 2.75) is 32.9 Å². The first-order valence-electron chi connectivity index (χ1n) is 6.17. The van der Waals surface area contributed by atoms with Gasteiger partial charge in [-0.3, -0.25) is 9.88 Å². The zero-order valence-corrected chi connectivity index (χ0v) is 11.0. The first kappa shape index (κ1) is 13.9. The number of rotatable bonds is 7. The predicted octanol–water partition coefficient (Wildman–Crippen LogP) is 1.72. The molecule has 1 atom stereocenters. The van der Waals surface area contributed by atoms with Crippen LogP contribution < -0.4 is 5.32 Å². The minimum atomic E-state index is -0.304. The Morgan fingerprint density at radius 3 is 2.94 bits per heavy atom. The molecule has 0 spiro atoms. The minimum Gasteiger partial charge on any atom is -0.392 e. The van der Waals surface area contributed by atoms with Gasteiger partial charge in [0.05, 0.1) is 11.8 Å². The Morgan fingerprint density at radius 1 is 1.53 bits per heavy atom. The molecule has 0 amide bonds. The highest BCUT2D eigenvalue weighted by Crippen LogP contribution is 2.09. The monoisotopic (exact) mass is 237 g/mol. The molecule has 4 nitrogen and oxygen atoms in total. The number of pyridine rings is 1. The van der Waals surface area contributed by atoms with Crippen LogP contribution in [0.4, 0.5) is 5.69 Å². The number of nitrogens with one attached hydrogen (secondary N) is 1. The van der Waals surface area contributed by atoms with Crippen molar-refractivity contribution in [1.29, 1.82) is 0 Å². The van der Waals surface area contributed by atoms with Gasteiger partial charge in [0.2, 0.25) is 0 Å². The summed E-state index contributed by atoms with van der Waals surface area (Å²) in [5.41, 5.74) is 2.14. The second-order valence-corrected chi connectivity index (χ2v) is 4.51. The molecule has 1 unspecified atom stereocenters. The van der Waals surface area contributed by atoms with Gasteiger partial charge in [-0.05, 0) is 32.5 Å². The van der Waals surface area contributed by atoms with Crippen LogP contribution in [0.3, 0.4) is 0 Å². The van der Waals surface area contributed by atoms with Crippen LogP contribution in [0.15, 0.2) is 18.3 Å². The smallest absolute Gasteiger partial charge is 0.0639 e. The number of nitrogens with zero attached hydrogens (tertiary/aromatic N) is 2. The van der Waals surface area contributed by atoms with Crippen LogP contribution in [0.5, 0.6) is 0 Å². The molecule has 0 aliphatic heterocycles. The summed E-state index contributed by atoms with van der Waals surface area (Å²) in [6.07, 6.45) is 2.63. The second-order valence-electron chi connectivity index (χ2n) is 4.51. The summed E-state index contributed by atoms with van der Waals surface area (Å²) in [6, 6.07) is 4.04. The zero-order chi connectivity index (χ0) is 12.7. The van der Waals surface area contributed by atoms with E-state index in [0.29, 0.717) is 6.54 Å². The molecule has 0 aliphatic carbocycles. The van der Waals surface area contributed by atoms with Crippen LogP contribution in [-0.2, 0) is 6.54 Å². The molecule has 17 heavy (non-hydrogen) atoms. The summed E-state index contributed by atoms with van der Waals surface area (Å²) in [6.45, 7) is 6.34. The van der Waals surface area contributed by atoms with E-state index in [1.807, 2.05) is 19.3 Å². The van der Waals surface area contributed by atoms with Gasteiger partial charge in [0, 0.05) is 31.5 Å². The third kappa shape index (κ3) is 5.65. The molecule has 1 rings (SSSR count). The van der Waals surface area contributed by atoms with Gasteiger partial charge in [0.15, 0.2) is 0 Å². The predicted molar refractivity (Wildman–Crippen MR) is 71.0 cm³/mol. The molecular formula is C13H23N3O. The summed E-state index contributed by atoms with van der Waals surface area (Å²) >= 11 is 0. The number of aliphatic hydroxyl groups is 1. The molecule has 4 heteroatoms. The number of hydrogen-bond acceptors (Lipinski definition) is 4. The van der Waals surface area contributed by atoms with Crippen LogP contribution in [-0.4, -0.2) is 41.2 Å². The fourth-order valence-electron chi connectivity index (χ4n) is 1.74.